The fourth-order valence-electron chi connectivity index (χ4n) is 4.63. The molecule has 2 amide bonds. The van der Waals surface area contributed by atoms with Gasteiger partial charge in [0.25, 0.3) is 5.91 Å². The quantitative estimate of drug-likeness (QED) is 0.468. The van der Waals surface area contributed by atoms with Crippen LogP contribution in [0.5, 0.6) is 0 Å². The molecule has 1 unspecified atom stereocenters. The molecule has 3 atom stereocenters. The number of nitrogens with one attached hydrogen (secondary N) is 2. The first-order chi connectivity index (χ1) is 16.0. The third-order valence-corrected chi connectivity index (χ3v) is 6.71. The summed E-state index contributed by atoms with van der Waals surface area (Å²) < 4.78 is 11.5. The van der Waals surface area contributed by atoms with Crippen molar-refractivity contribution in [3.8, 4) is 0 Å². The number of ether oxygens (including phenoxy) is 1. The van der Waals surface area contributed by atoms with Gasteiger partial charge in [-0.05, 0) is 48.4 Å². The van der Waals surface area contributed by atoms with Crippen LogP contribution in [0.3, 0.4) is 0 Å². The summed E-state index contributed by atoms with van der Waals surface area (Å²) in [6.45, 7) is 4.16. The van der Waals surface area contributed by atoms with Crippen LogP contribution in [-0.2, 0) is 9.53 Å². The Hall–Kier alpha value is -3.16. The molecule has 0 radical (unpaired) electrons. The van der Waals surface area contributed by atoms with E-state index in [9.17, 15) is 9.59 Å². The highest BCUT2D eigenvalue weighted by Crippen LogP contribution is 2.55. The molecule has 7 heteroatoms. The van der Waals surface area contributed by atoms with Gasteiger partial charge in [0, 0.05) is 24.4 Å². The van der Waals surface area contributed by atoms with E-state index < -0.39 is 11.9 Å². The Balaban J connectivity index is 1.32. The Morgan fingerprint density at radius 2 is 1.91 bits per heavy atom. The van der Waals surface area contributed by atoms with E-state index >= 15 is 0 Å². The van der Waals surface area contributed by atoms with Crippen molar-refractivity contribution in [2.75, 3.05) is 26.3 Å². The number of fused-ring (bicyclic) bond motifs is 1. The maximum atomic E-state index is 13.2. The van der Waals surface area contributed by atoms with E-state index in [1.54, 1.807) is 6.92 Å². The van der Waals surface area contributed by atoms with Gasteiger partial charge in [0.05, 0.1) is 18.8 Å². The van der Waals surface area contributed by atoms with E-state index in [1.165, 1.54) is 11.1 Å². The molecule has 7 nitrogen and oxygen atoms in total. The second-order valence-corrected chi connectivity index (χ2v) is 9.14. The molecule has 0 bridgehead atoms. The van der Waals surface area contributed by atoms with Crippen LogP contribution in [0.4, 0.5) is 0 Å². The molecule has 4 N–H and O–H groups in total. The first-order valence-electron chi connectivity index (χ1n) is 11.5. The number of primary amides is 1. The molecule has 33 heavy (non-hydrogen) atoms. The second-order valence-electron chi connectivity index (χ2n) is 9.14. The number of carbonyl (C=O) groups is 2. The van der Waals surface area contributed by atoms with Gasteiger partial charge in [-0.3, -0.25) is 9.59 Å². The highest BCUT2D eigenvalue weighted by molar-refractivity contribution is 6.08. The summed E-state index contributed by atoms with van der Waals surface area (Å²) in [5, 5.41) is 6.67. The highest BCUT2D eigenvalue weighted by atomic mass is 16.5. The standard InChI is InChI=1S/C26H29N3O4/c1-15-24(26(31)29-22(25(27)30)14-32-13-16-11-28-12-16)21-9-18(7-8-23(21)33-15)20-10-19(20)17-5-3-2-4-6-17/h2-9,16,19-20,22,28H,10-14H2,1H3,(H2,27,30)(H,29,31)/t19-,20-,22?/m0/s1. The van der Waals surface area contributed by atoms with Gasteiger partial charge >= 0.3 is 0 Å². The molecular weight excluding hydrogens is 418 g/mol. The number of amides is 2. The van der Waals surface area contributed by atoms with Gasteiger partial charge in [-0.25, -0.2) is 0 Å². The van der Waals surface area contributed by atoms with Gasteiger partial charge < -0.3 is 25.5 Å². The minimum atomic E-state index is -0.899. The topological polar surface area (TPSA) is 107 Å². The lowest BCUT2D eigenvalue weighted by atomic mass is 10.0. The molecule has 1 aromatic heterocycles. The number of nitrogens with two attached hydrogens (primary N) is 1. The second kappa shape index (κ2) is 9.00. The van der Waals surface area contributed by atoms with E-state index in [-0.39, 0.29) is 12.5 Å². The number of carbonyl (C=O) groups excluding carboxylic acids is 2. The van der Waals surface area contributed by atoms with Crippen molar-refractivity contribution in [2.24, 2.45) is 11.7 Å². The molecule has 0 spiro atoms. The molecule has 3 aromatic rings. The van der Waals surface area contributed by atoms with Gasteiger partial charge in [-0.1, -0.05) is 36.4 Å². The number of rotatable bonds is 9. The molecule has 2 heterocycles. The summed E-state index contributed by atoms with van der Waals surface area (Å²) in [5.41, 5.74) is 9.15. The fraction of sp³-hybridized carbons (Fsp3) is 0.385. The monoisotopic (exact) mass is 447 g/mol. The Morgan fingerprint density at radius 3 is 2.61 bits per heavy atom. The average Bonchev–Trinajstić information content (AvgIpc) is 3.50. The normalized spacial score (nSPS) is 20.9. The SMILES string of the molecule is Cc1oc2ccc([C@@H]3C[C@H]3c3ccccc3)cc2c1C(=O)NC(COCC1CNC1)C(N)=O. The summed E-state index contributed by atoms with van der Waals surface area (Å²) in [7, 11) is 0. The minimum absolute atomic E-state index is 0.0541. The molecule has 2 fully saturated rings. The number of benzene rings is 2. The largest absolute Gasteiger partial charge is 0.461 e. The molecule has 2 aromatic carbocycles. The van der Waals surface area contributed by atoms with Crippen LogP contribution in [0.1, 0.15) is 45.5 Å². The highest BCUT2D eigenvalue weighted by Gasteiger charge is 2.39. The van der Waals surface area contributed by atoms with E-state index in [1.807, 2.05) is 18.2 Å². The fourth-order valence-corrected chi connectivity index (χ4v) is 4.63. The van der Waals surface area contributed by atoms with Gasteiger partial charge in [-0.15, -0.1) is 0 Å². The Morgan fingerprint density at radius 1 is 1.15 bits per heavy atom. The predicted molar refractivity (Wildman–Crippen MR) is 125 cm³/mol. The molecule has 1 saturated heterocycles. The third-order valence-electron chi connectivity index (χ3n) is 6.71. The molecule has 2 aliphatic rings. The summed E-state index contributed by atoms with van der Waals surface area (Å²) in [6, 6.07) is 15.6. The van der Waals surface area contributed by atoms with Crippen molar-refractivity contribution in [2.45, 2.75) is 31.2 Å². The van der Waals surface area contributed by atoms with E-state index in [0.29, 0.717) is 41.3 Å². The van der Waals surface area contributed by atoms with Crippen LogP contribution in [0.25, 0.3) is 11.0 Å². The van der Waals surface area contributed by atoms with Gasteiger partial charge in [0.1, 0.15) is 17.4 Å². The third kappa shape index (κ3) is 4.51. The number of hydrogen-bond donors (Lipinski definition) is 3. The smallest absolute Gasteiger partial charge is 0.256 e. The summed E-state index contributed by atoms with van der Waals surface area (Å²) in [5.74, 6) is 0.878. The van der Waals surface area contributed by atoms with Gasteiger partial charge in [0.2, 0.25) is 5.91 Å². The molecular formula is C26H29N3O4. The first kappa shape index (κ1) is 21.7. The van der Waals surface area contributed by atoms with Crippen molar-refractivity contribution in [3.63, 3.8) is 0 Å². The zero-order valence-corrected chi connectivity index (χ0v) is 18.7. The Labute approximate surface area is 192 Å². The maximum absolute atomic E-state index is 13.2. The van der Waals surface area contributed by atoms with E-state index in [2.05, 4.69) is 41.0 Å². The Bertz CT molecular complexity index is 1170. The Kier molecular flexibility index (Phi) is 5.91. The molecule has 1 aliphatic heterocycles. The van der Waals surface area contributed by atoms with Crippen molar-refractivity contribution in [1.29, 1.82) is 0 Å². The van der Waals surface area contributed by atoms with Crippen LogP contribution in [0.2, 0.25) is 0 Å². The molecule has 5 rings (SSSR count). The van der Waals surface area contributed by atoms with Crippen molar-refractivity contribution in [3.05, 3.63) is 71.0 Å². The van der Waals surface area contributed by atoms with E-state index in [4.69, 9.17) is 14.9 Å². The lowest BCUT2D eigenvalue weighted by Crippen LogP contribution is -2.49. The zero-order valence-electron chi connectivity index (χ0n) is 18.7. The summed E-state index contributed by atoms with van der Waals surface area (Å²) in [6.07, 6.45) is 1.09. The van der Waals surface area contributed by atoms with Gasteiger partial charge in [-0.2, -0.15) is 0 Å². The summed E-state index contributed by atoms with van der Waals surface area (Å²) >= 11 is 0. The number of hydrogen-bond acceptors (Lipinski definition) is 5. The van der Waals surface area contributed by atoms with Crippen LogP contribution in [0, 0.1) is 12.8 Å². The first-order valence-corrected chi connectivity index (χ1v) is 11.5. The maximum Gasteiger partial charge on any atom is 0.256 e. The zero-order chi connectivity index (χ0) is 22.9. The number of furan rings is 1. The molecule has 1 saturated carbocycles. The van der Waals surface area contributed by atoms with Crippen LogP contribution >= 0.6 is 0 Å². The van der Waals surface area contributed by atoms with Gasteiger partial charge in [0.15, 0.2) is 0 Å². The molecule has 172 valence electrons. The van der Waals surface area contributed by atoms with Crippen molar-refractivity contribution >= 4 is 22.8 Å². The minimum Gasteiger partial charge on any atom is -0.461 e. The lowest BCUT2D eigenvalue weighted by Gasteiger charge is -2.27. The predicted octanol–water partition coefficient (Wildman–Crippen LogP) is 2.83. The lowest BCUT2D eigenvalue weighted by molar-refractivity contribution is -0.121. The van der Waals surface area contributed by atoms with Crippen molar-refractivity contribution in [1.82, 2.24) is 10.6 Å². The van der Waals surface area contributed by atoms with Crippen molar-refractivity contribution < 1.29 is 18.7 Å². The average molecular weight is 448 g/mol. The van der Waals surface area contributed by atoms with Crippen LogP contribution < -0.4 is 16.4 Å². The van der Waals surface area contributed by atoms with Crippen LogP contribution in [-0.4, -0.2) is 44.2 Å². The van der Waals surface area contributed by atoms with E-state index in [0.717, 1.165) is 24.9 Å². The summed E-state index contributed by atoms with van der Waals surface area (Å²) in [4.78, 5) is 25.1. The number of aryl methyl sites for hydroxylation is 1. The van der Waals surface area contributed by atoms with Crippen LogP contribution in [0.15, 0.2) is 52.9 Å². The molecule has 1 aliphatic carbocycles.